The highest BCUT2D eigenvalue weighted by molar-refractivity contribution is 7.89. The molecule has 0 saturated carbocycles. The smallest absolute Gasteiger partial charge is 0.212 e. The first-order valence-corrected chi connectivity index (χ1v) is 6.63. The quantitative estimate of drug-likeness (QED) is 0.673. The van der Waals surface area contributed by atoms with Crippen molar-refractivity contribution in [2.75, 3.05) is 13.1 Å². The van der Waals surface area contributed by atoms with Crippen LogP contribution in [0.1, 0.15) is 33.6 Å². The maximum atomic E-state index is 12.0. The number of rotatable bonds is 4. The molecule has 3 nitrogen and oxygen atoms in total. The van der Waals surface area contributed by atoms with Crippen molar-refractivity contribution < 1.29 is 8.42 Å². The van der Waals surface area contributed by atoms with Crippen molar-refractivity contribution in [2.24, 2.45) is 0 Å². The maximum Gasteiger partial charge on any atom is 0.217 e. The van der Waals surface area contributed by atoms with Gasteiger partial charge in [-0.2, -0.15) is 4.31 Å². The molecule has 0 radical (unpaired) electrons. The van der Waals surface area contributed by atoms with Gasteiger partial charge in [0.1, 0.15) is 0 Å². The lowest BCUT2D eigenvalue weighted by molar-refractivity contribution is 0.469. The monoisotopic (exact) mass is 217 g/mol. The van der Waals surface area contributed by atoms with Gasteiger partial charge in [-0.1, -0.05) is 25.0 Å². The summed E-state index contributed by atoms with van der Waals surface area (Å²) < 4.78 is 25.5. The molecule has 1 aliphatic heterocycles. The van der Waals surface area contributed by atoms with Gasteiger partial charge in [-0.05, 0) is 20.3 Å². The molecular formula is C10H19NO2S. The fraction of sp³-hybridized carbons (Fsp3) is 0.800. The van der Waals surface area contributed by atoms with E-state index >= 15 is 0 Å². The fourth-order valence-corrected chi connectivity index (χ4v) is 3.38. The van der Waals surface area contributed by atoms with Crippen LogP contribution in [0.3, 0.4) is 0 Å². The molecule has 4 heteroatoms. The van der Waals surface area contributed by atoms with Crippen LogP contribution in [-0.4, -0.2) is 31.1 Å². The Kier molecular flexibility index (Phi) is 3.72. The minimum atomic E-state index is -3.05. The molecule has 1 heterocycles. The normalized spacial score (nSPS) is 20.9. The Bertz CT molecular complexity index is 319. The molecule has 0 bridgehead atoms. The van der Waals surface area contributed by atoms with Gasteiger partial charge < -0.3 is 0 Å². The third-order valence-corrected chi connectivity index (χ3v) is 4.88. The molecule has 0 saturated heterocycles. The molecule has 0 spiro atoms. The Hall–Kier alpha value is -0.350. The zero-order valence-corrected chi connectivity index (χ0v) is 9.97. The molecule has 1 rings (SSSR count). The molecule has 0 aromatic carbocycles. The summed E-state index contributed by atoms with van der Waals surface area (Å²) in [5, 5.41) is -0.244. The maximum absolute atomic E-state index is 12.0. The summed E-state index contributed by atoms with van der Waals surface area (Å²) >= 11 is 0. The third kappa shape index (κ3) is 2.36. The minimum absolute atomic E-state index is 0.244. The summed E-state index contributed by atoms with van der Waals surface area (Å²) in [4.78, 5) is 0. The van der Waals surface area contributed by atoms with E-state index < -0.39 is 10.0 Å². The molecule has 82 valence electrons. The fourth-order valence-electron chi connectivity index (χ4n) is 1.67. The van der Waals surface area contributed by atoms with Crippen molar-refractivity contribution >= 4 is 10.0 Å². The molecule has 1 aliphatic rings. The van der Waals surface area contributed by atoms with Crippen LogP contribution in [0.5, 0.6) is 0 Å². The minimum Gasteiger partial charge on any atom is -0.212 e. The van der Waals surface area contributed by atoms with Gasteiger partial charge in [-0.3, -0.25) is 0 Å². The van der Waals surface area contributed by atoms with E-state index in [0.29, 0.717) is 13.1 Å². The topological polar surface area (TPSA) is 37.4 Å². The van der Waals surface area contributed by atoms with Crippen LogP contribution in [0.15, 0.2) is 11.6 Å². The van der Waals surface area contributed by atoms with E-state index in [2.05, 4.69) is 0 Å². The van der Waals surface area contributed by atoms with E-state index in [9.17, 15) is 8.42 Å². The zero-order chi connectivity index (χ0) is 10.8. The molecule has 0 aromatic rings. The van der Waals surface area contributed by atoms with Gasteiger partial charge in [0.2, 0.25) is 10.0 Å². The van der Waals surface area contributed by atoms with Gasteiger partial charge in [0.05, 0.1) is 5.25 Å². The van der Waals surface area contributed by atoms with Crippen LogP contribution >= 0.6 is 0 Å². The van der Waals surface area contributed by atoms with Crippen molar-refractivity contribution in [1.82, 2.24) is 4.31 Å². The first-order valence-electron chi connectivity index (χ1n) is 5.13. The third-order valence-electron chi connectivity index (χ3n) is 2.63. The average Bonchev–Trinajstić information content (AvgIpc) is 2.52. The van der Waals surface area contributed by atoms with Crippen molar-refractivity contribution in [3.8, 4) is 0 Å². The molecule has 0 aromatic heterocycles. The highest BCUT2D eigenvalue weighted by Crippen LogP contribution is 2.18. The van der Waals surface area contributed by atoms with E-state index in [1.54, 1.807) is 11.2 Å². The van der Waals surface area contributed by atoms with Gasteiger partial charge in [0.25, 0.3) is 0 Å². The number of nitrogens with zero attached hydrogens (tertiary/aromatic N) is 1. The van der Waals surface area contributed by atoms with Crippen molar-refractivity contribution in [3.63, 3.8) is 0 Å². The van der Waals surface area contributed by atoms with Gasteiger partial charge >= 0.3 is 0 Å². The van der Waals surface area contributed by atoms with E-state index in [1.807, 2.05) is 19.9 Å². The Morgan fingerprint density at radius 3 is 2.64 bits per heavy atom. The molecule has 0 fully saturated rings. The summed E-state index contributed by atoms with van der Waals surface area (Å²) in [6, 6.07) is 0. The number of hydrogen-bond donors (Lipinski definition) is 0. The van der Waals surface area contributed by atoms with E-state index in [0.717, 1.165) is 18.4 Å². The van der Waals surface area contributed by atoms with E-state index in [1.165, 1.54) is 0 Å². The van der Waals surface area contributed by atoms with Crippen molar-refractivity contribution in [1.29, 1.82) is 0 Å². The highest BCUT2D eigenvalue weighted by atomic mass is 32.2. The molecule has 0 aliphatic carbocycles. The average molecular weight is 217 g/mol. The predicted molar refractivity (Wildman–Crippen MR) is 58.6 cm³/mol. The highest BCUT2D eigenvalue weighted by Gasteiger charge is 2.29. The summed E-state index contributed by atoms with van der Waals surface area (Å²) in [7, 11) is -3.05. The van der Waals surface area contributed by atoms with Crippen LogP contribution in [0.4, 0.5) is 0 Å². The summed E-state index contributed by atoms with van der Waals surface area (Å²) in [5.41, 5.74) is 1.15. The van der Waals surface area contributed by atoms with Gasteiger partial charge in [-0.25, -0.2) is 8.42 Å². The predicted octanol–water partition coefficient (Wildman–Crippen LogP) is 1.77. The first kappa shape index (κ1) is 11.7. The Morgan fingerprint density at radius 2 is 2.21 bits per heavy atom. The van der Waals surface area contributed by atoms with E-state index in [4.69, 9.17) is 0 Å². The summed E-state index contributed by atoms with van der Waals surface area (Å²) in [6.07, 6.45) is 3.65. The standard InChI is InChI=1S/C10H19NO2S/c1-4-5-10(3)14(12,13)11-7-6-9(2)8-11/h6,10H,4-5,7-8H2,1-3H3. The van der Waals surface area contributed by atoms with Gasteiger partial charge in [0, 0.05) is 13.1 Å². The Balaban J connectivity index is 2.67. The van der Waals surface area contributed by atoms with Crippen molar-refractivity contribution in [3.05, 3.63) is 11.6 Å². The molecule has 0 amide bonds. The van der Waals surface area contributed by atoms with Crippen LogP contribution in [0.25, 0.3) is 0 Å². The van der Waals surface area contributed by atoms with Crippen molar-refractivity contribution in [2.45, 2.75) is 38.9 Å². The largest absolute Gasteiger partial charge is 0.217 e. The van der Waals surface area contributed by atoms with Crippen LogP contribution in [0, 0.1) is 0 Å². The van der Waals surface area contributed by atoms with Crippen LogP contribution in [-0.2, 0) is 10.0 Å². The van der Waals surface area contributed by atoms with E-state index in [-0.39, 0.29) is 5.25 Å². The molecule has 1 atom stereocenters. The SMILES string of the molecule is CCCC(C)S(=O)(=O)N1CC=C(C)C1. The molecular weight excluding hydrogens is 198 g/mol. The second-order valence-corrected chi connectivity index (χ2v) is 6.34. The zero-order valence-electron chi connectivity index (χ0n) is 9.16. The lowest BCUT2D eigenvalue weighted by atomic mass is 10.3. The molecule has 0 N–H and O–H groups in total. The molecule has 14 heavy (non-hydrogen) atoms. The Labute approximate surface area is 86.8 Å². The van der Waals surface area contributed by atoms with Crippen LogP contribution < -0.4 is 0 Å². The van der Waals surface area contributed by atoms with Gasteiger partial charge in [-0.15, -0.1) is 0 Å². The second-order valence-electron chi connectivity index (χ2n) is 3.99. The first-order chi connectivity index (χ1) is 6.48. The number of sulfonamides is 1. The second kappa shape index (κ2) is 4.45. The summed E-state index contributed by atoms with van der Waals surface area (Å²) in [5.74, 6) is 0. The number of hydrogen-bond acceptors (Lipinski definition) is 2. The van der Waals surface area contributed by atoms with Crippen LogP contribution in [0.2, 0.25) is 0 Å². The summed E-state index contributed by atoms with van der Waals surface area (Å²) in [6.45, 7) is 6.92. The molecule has 1 unspecified atom stereocenters. The lowest BCUT2D eigenvalue weighted by Gasteiger charge is -2.20. The lowest BCUT2D eigenvalue weighted by Crippen LogP contribution is -2.36. The Morgan fingerprint density at radius 1 is 1.57 bits per heavy atom. The van der Waals surface area contributed by atoms with Gasteiger partial charge in [0.15, 0.2) is 0 Å².